The number of esters is 2. The van der Waals surface area contributed by atoms with Gasteiger partial charge in [0, 0.05) is 62.4 Å². The summed E-state index contributed by atoms with van der Waals surface area (Å²) in [6.45, 7) is 0. The third kappa shape index (κ3) is 8.66. The van der Waals surface area contributed by atoms with Crippen molar-refractivity contribution in [3.63, 3.8) is 0 Å². The number of carbonyl (C=O) groups excluding carboxylic acids is 2. The Labute approximate surface area is 317 Å². The molecule has 266 valence electrons. The minimum absolute atomic E-state index is 0.340. The molecule has 0 fully saturated rings. The number of imidazole rings is 1. The first kappa shape index (κ1) is 37.1. The average molecular weight is 784 g/mol. The number of rotatable bonds is 6. The van der Waals surface area contributed by atoms with E-state index in [1.165, 1.54) is 38.5 Å². The third-order valence-corrected chi connectivity index (χ3v) is 8.32. The van der Waals surface area contributed by atoms with Crippen molar-refractivity contribution in [1.82, 2.24) is 29.6 Å². The highest BCUT2D eigenvalue weighted by atomic mass is 79.9. The van der Waals surface area contributed by atoms with Crippen LogP contribution < -0.4 is 5.46 Å². The molecule has 2 aliphatic heterocycles. The van der Waals surface area contributed by atoms with Crippen LogP contribution >= 0.6 is 15.9 Å². The van der Waals surface area contributed by atoms with E-state index in [2.05, 4.69) is 51.9 Å². The Bertz CT molecular complexity index is 2380. The van der Waals surface area contributed by atoms with Crippen LogP contribution in [0.25, 0.3) is 28.2 Å². The van der Waals surface area contributed by atoms with E-state index in [0.29, 0.717) is 16.6 Å². The van der Waals surface area contributed by atoms with Gasteiger partial charge in [-0.25, -0.2) is 19.1 Å². The summed E-state index contributed by atoms with van der Waals surface area (Å²) < 4.78 is 11.7. The number of hydrogen-bond donors (Lipinski definition) is 2. The number of pyridine rings is 2. The number of hydrazone groups is 1. The molecule has 6 heterocycles. The molecule has 4 aromatic heterocycles. The summed E-state index contributed by atoms with van der Waals surface area (Å²) in [5.74, 6) is -0.0357. The van der Waals surface area contributed by atoms with Crippen LogP contribution in [0.15, 0.2) is 143 Å². The lowest BCUT2D eigenvalue weighted by Gasteiger charge is -2.10. The van der Waals surface area contributed by atoms with Crippen LogP contribution in [0.3, 0.4) is 0 Å². The molecule has 0 atom stereocenters. The number of amidine groups is 1. The van der Waals surface area contributed by atoms with Gasteiger partial charge in [0.1, 0.15) is 0 Å². The molecule has 14 nitrogen and oxygen atoms in total. The number of aromatic nitrogens is 5. The molecular formula is C38H29BBrN8O6+. The number of methoxy groups -OCH3 is 2. The van der Waals surface area contributed by atoms with Crippen LogP contribution in [0.5, 0.6) is 0 Å². The van der Waals surface area contributed by atoms with Crippen LogP contribution in [0.2, 0.25) is 0 Å². The van der Waals surface area contributed by atoms with Crippen LogP contribution in [-0.2, 0) is 9.47 Å². The third-order valence-electron chi connectivity index (χ3n) is 7.81. The van der Waals surface area contributed by atoms with Crippen molar-refractivity contribution >= 4 is 57.6 Å². The standard InChI is InChI=1S/C19H14N4O2.C11H6BrN4.C8H9BO4/c1-25-19(24)15-4-2-14(3-5-15)17-12-21-18-7-6-16(22-23(17)18)13-8-10-20-11-9-13;12-10-7-14-11-2-1-9(15-16(10)11)8-3-5-13-6-4-8;1-13-8(10)6-2-4-7(5-3-6)9(11)12/h2-12H,1H3;1-6H;2-5,11-12H,1H3/q;+1;. The molecule has 0 unspecified atom stereocenters. The Morgan fingerprint density at radius 3 is 1.93 bits per heavy atom. The number of aliphatic imine (C=N–C) groups is 1. The van der Waals surface area contributed by atoms with Crippen LogP contribution in [0.1, 0.15) is 26.3 Å². The Balaban J connectivity index is 0.000000148. The highest BCUT2D eigenvalue weighted by Crippen LogP contribution is 2.24. The zero-order valence-corrected chi connectivity index (χ0v) is 30.3. The predicted molar refractivity (Wildman–Crippen MR) is 205 cm³/mol. The predicted octanol–water partition coefficient (Wildman–Crippen LogP) is 4.46. The lowest BCUT2D eigenvalue weighted by molar-refractivity contribution is 0.0592. The minimum Gasteiger partial charge on any atom is -0.465 e. The average Bonchev–Trinajstić information content (AvgIpc) is 3.84. The topological polar surface area (TPSA) is 177 Å². The van der Waals surface area contributed by atoms with Gasteiger partial charge in [0.25, 0.3) is 10.8 Å². The number of nitrogens with zero attached hydrogens (tertiary/aromatic N) is 8. The Morgan fingerprint density at radius 2 is 1.33 bits per heavy atom. The zero-order valence-electron chi connectivity index (χ0n) is 28.7. The molecular weight excluding hydrogens is 755 g/mol. The summed E-state index contributed by atoms with van der Waals surface area (Å²) >= 11 is 3.34. The molecule has 16 heteroatoms. The van der Waals surface area contributed by atoms with E-state index in [1.807, 2.05) is 60.7 Å². The van der Waals surface area contributed by atoms with Gasteiger partial charge in [-0.3, -0.25) is 9.97 Å². The molecule has 0 aliphatic carbocycles. The Morgan fingerprint density at radius 1 is 0.741 bits per heavy atom. The van der Waals surface area contributed by atoms with E-state index in [0.717, 1.165) is 49.9 Å². The molecule has 0 spiro atoms. The molecule has 2 N–H and O–H groups in total. The van der Waals surface area contributed by atoms with Crippen molar-refractivity contribution in [2.24, 2.45) is 10.1 Å². The zero-order chi connectivity index (χ0) is 38.0. The van der Waals surface area contributed by atoms with Crippen molar-refractivity contribution in [3.05, 3.63) is 156 Å². The van der Waals surface area contributed by atoms with Crippen molar-refractivity contribution in [1.29, 1.82) is 0 Å². The first-order chi connectivity index (χ1) is 26.2. The quantitative estimate of drug-likeness (QED) is 0.106. The molecule has 8 rings (SSSR count). The molecule has 0 saturated carbocycles. The van der Waals surface area contributed by atoms with Crippen molar-refractivity contribution in [3.8, 4) is 22.5 Å². The number of ether oxygens (including phenoxy) is 2. The summed E-state index contributed by atoms with van der Waals surface area (Å²) in [7, 11) is 1.15. The van der Waals surface area contributed by atoms with E-state index in [9.17, 15) is 9.59 Å². The van der Waals surface area contributed by atoms with E-state index < -0.39 is 13.1 Å². The van der Waals surface area contributed by atoms with Gasteiger partial charge in [0.2, 0.25) is 0 Å². The van der Waals surface area contributed by atoms with E-state index >= 15 is 0 Å². The van der Waals surface area contributed by atoms with E-state index in [1.54, 1.807) is 52.6 Å². The molecule has 0 amide bonds. The number of fused-ring (bicyclic) bond motifs is 2. The fraction of sp³-hybridized carbons (Fsp3) is 0.0526. The first-order valence-electron chi connectivity index (χ1n) is 16.1. The van der Waals surface area contributed by atoms with E-state index in [4.69, 9.17) is 19.9 Å². The summed E-state index contributed by atoms with van der Waals surface area (Å²) in [6.07, 6.45) is 15.4. The molecule has 2 aliphatic rings. The van der Waals surface area contributed by atoms with Gasteiger partial charge >= 0.3 is 24.9 Å². The Hall–Kier alpha value is -6.71. The summed E-state index contributed by atoms with van der Waals surface area (Å²) in [5.41, 5.74) is 7.47. The number of halogens is 1. The second-order valence-corrected chi connectivity index (χ2v) is 11.9. The number of benzene rings is 2. The van der Waals surface area contributed by atoms with Gasteiger partial charge in [0.05, 0.1) is 54.7 Å². The van der Waals surface area contributed by atoms with Gasteiger partial charge in [-0.2, -0.15) is 5.10 Å². The molecule has 2 aromatic carbocycles. The lowest BCUT2D eigenvalue weighted by atomic mass is 9.80. The highest BCUT2D eigenvalue weighted by Gasteiger charge is 2.32. The second kappa shape index (κ2) is 17.2. The van der Waals surface area contributed by atoms with Crippen molar-refractivity contribution in [2.45, 2.75) is 0 Å². The highest BCUT2D eigenvalue weighted by molar-refractivity contribution is 9.11. The van der Waals surface area contributed by atoms with Gasteiger partial charge in [-0.1, -0.05) is 29.3 Å². The largest absolute Gasteiger partial charge is 0.488 e. The summed E-state index contributed by atoms with van der Waals surface area (Å²) in [5, 5.41) is 28.3. The van der Waals surface area contributed by atoms with Crippen LogP contribution in [-0.4, -0.2) is 84.4 Å². The Kier molecular flexibility index (Phi) is 11.8. The fourth-order valence-corrected chi connectivity index (χ4v) is 5.37. The molecule has 54 heavy (non-hydrogen) atoms. The molecule has 0 saturated heterocycles. The monoisotopic (exact) mass is 783 g/mol. The minimum atomic E-state index is -1.51. The van der Waals surface area contributed by atoms with Gasteiger partial charge in [0.15, 0.2) is 5.65 Å². The van der Waals surface area contributed by atoms with E-state index in [-0.39, 0.29) is 5.97 Å². The first-order valence-corrected chi connectivity index (χ1v) is 16.9. The van der Waals surface area contributed by atoms with Gasteiger partial charge in [-0.15, -0.1) is 5.10 Å². The molecule has 0 bridgehead atoms. The van der Waals surface area contributed by atoms with Crippen molar-refractivity contribution < 1.29 is 29.1 Å². The lowest BCUT2D eigenvalue weighted by Crippen LogP contribution is -2.29. The maximum atomic E-state index is 11.6. The number of hydrogen-bond acceptors (Lipinski definition) is 13. The number of carbonyl (C=O) groups is 2. The smallest absolute Gasteiger partial charge is 0.465 e. The normalized spacial score (nSPS) is 12.4. The van der Waals surface area contributed by atoms with Gasteiger partial charge < -0.3 is 19.5 Å². The van der Waals surface area contributed by atoms with Crippen LogP contribution in [0, 0.1) is 6.20 Å². The maximum Gasteiger partial charge on any atom is 0.488 e. The maximum absolute atomic E-state index is 11.6. The summed E-state index contributed by atoms with van der Waals surface area (Å²) in [6, 6.07) is 24.6. The van der Waals surface area contributed by atoms with Crippen LogP contribution in [0.4, 0.5) is 0 Å². The van der Waals surface area contributed by atoms with Gasteiger partial charge in [-0.05, 0) is 72.2 Å². The SMILES string of the molecule is BrC1=[C+]N=C2C=CC(c3ccncc3)=NN12.COC(=O)c1ccc(-c2cnc3ccc(-c4ccncc4)nn23)cc1.COC(=O)c1ccc(B(O)O)cc1. The number of allylic oxidation sites excluding steroid dienone is 1. The second-order valence-electron chi connectivity index (χ2n) is 11.2. The summed E-state index contributed by atoms with van der Waals surface area (Å²) in [4.78, 5) is 39.0. The fourth-order valence-electron chi connectivity index (χ4n) is 5.02. The molecule has 6 aromatic rings. The molecule has 0 radical (unpaired) electrons. The van der Waals surface area contributed by atoms with Crippen molar-refractivity contribution in [2.75, 3.05) is 14.2 Å².